The smallest absolute Gasteiger partial charge is 0.329 e. The van der Waals surface area contributed by atoms with Crippen molar-refractivity contribution >= 4 is 29.2 Å². The number of aliphatic hydroxyl groups excluding tert-OH is 3. The van der Waals surface area contributed by atoms with E-state index in [0.29, 0.717) is 44.1 Å². The first-order chi connectivity index (χ1) is 31.1. The molecule has 66 heavy (non-hydrogen) atoms. The normalized spacial score (nSPS) is 39.5. The minimum Gasteiger partial charge on any atom is -0.460 e. The van der Waals surface area contributed by atoms with Gasteiger partial charge in [0.25, 0.3) is 11.7 Å². The van der Waals surface area contributed by atoms with Crippen molar-refractivity contribution < 1.29 is 63.3 Å². The van der Waals surface area contributed by atoms with E-state index >= 15 is 0 Å². The van der Waals surface area contributed by atoms with Gasteiger partial charge in [-0.2, -0.15) is 0 Å². The SMILES string of the molecule is CO[C@H]1C[C@@H](O)CC[C@@H](C)[C@](C)(O)C(=O)C(=O)N2CCCC[C@H]2C(=O)O[C@H]([C@H](C)C[C@@H]2CC[C@@H](O)[C@H](OC)C2)CC(=O)[C@H](C)/C=C(\C)[C@@H](O)[C@@H](OC)C(=O)[C@H](C)C[C@H](C)/C=C/C=C/C=C/1C. The molecule has 3 aliphatic rings. The zero-order valence-corrected chi connectivity index (χ0v) is 41.6. The minimum absolute atomic E-state index is 0.0161. The molecule has 0 bridgehead atoms. The van der Waals surface area contributed by atoms with Crippen LogP contribution in [-0.4, -0.2) is 137 Å². The van der Waals surface area contributed by atoms with Gasteiger partial charge in [0.1, 0.15) is 35.7 Å². The summed E-state index contributed by atoms with van der Waals surface area (Å²) in [6.07, 6.45) is 10.3. The molecule has 0 spiro atoms. The van der Waals surface area contributed by atoms with E-state index in [1.165, 1.54) is 18.9 Å². The molecule has 0 aromatic heterocycles. The number of ketones is 3. The van der Waals surface area contributed by atoms with Crippen LogP contribution in [0.25, 0.3) is 0 Å². The molecule has 1 saturated carbocycles. The predicted octanol–water partition coefficient (Wildman–Crippen LogP) is 6.21. The van der Waals surface area contributed by atoms with Crippen molar-refractivity contribution in [1.29, 1.82) is 0 Å². The Balaban J connectivity index is 2.00. The highest BCUT2D eigenvalue weighted by molar-refractivity contribution is 6.39. The lowest BCUT2D eigenvalue weighted by molar-refractivity contribution is -0.169. The van der Waals surface area contributed by atoms with E-state index in [0.717, 1.165) is 12.0 Å². The van der Waals surface area contributed by atoms with Gasteiger partial charge in [-0.25, -0.2) is 4.79 Å². The lowest BCUT2D eigenvalue weighted by Crippen LogP contribution is -2.57. The number of carbonyl (C=O) groups excluding carboxylic acids is 5. The van der Waals surface area contributed by atoms with E-state index in [9.17, 15) is 44.4 Å². The molecule has 14 heteroatoms. The molecule has 1 saturated heterocycles. The summed E-state index contributed by atoms with van der Waals surface area (Å²) in [5, 5.41) is 44.5. The molecule has 0 aromatic rings. The zero-order chi connectivity index (χ0) is 49.5. The number of cyclic esters (lactones) is 1. The molecule has 15 atom stereocenters. The van der Waals surface area contributed by atoms with Gasteiger partial charge < -0.3 is 44.3 Å². The highest BCUT2D eigenvalue weighted by Gasteiger charge is 2.46. The number of rotatable bonds is 6. The number of fused-ring (bicyclic) bond motifs is 1. The number of hydrogen-bond donors (Lipinski definition) is 4. The molecule has 0 unspecified atom stereocenters. The Morgan fingerprint density at radius 1 is 0.833 bits per heavy atom. The summed E-state index contributed by atoms with van der Waals surface area (Å²) in [5.41, 5.74) is -0.850. The third kappa shape index (κ3) is 16.1. The van der Waals surface area contributed by atoms with Crippen LogP contribution in [0, 0.1) is 35.5 Å². The van der Waals surface area contributed by atoms with E-state index in [4.69, 9.17) is 18.9 Å². The summed E-state index contributed by atoms with van der Waals surface area (Å²) < 4.78 is 23.0. The maximum Gasteiger partial charge on any atom is 0.329 e. The predicted molar refractivity (Wildman–Crippen MR) is 252 cm³/mol. The summed E-state index contributed by atoms with van der Waals surface area (Å²) in [5.74, 6) is -5.48. The highest BCUT2D eigenvalue weighted by atomic mass is 16.5. The Kier molecular flexibility index (Phi) is 23.3. The van der Waals surface area contributed by atoms with Gasteiger partial charge in [0, 0.05) is 52.6 Å². The van der Waals surface area contributed by atoms with Crippen molar-refractivity contribution in [3.05, 3.63) is 47.6 Å². The van der Waals surface area contributed by atoms with Crippen molar-refractivity contribution in [3.63, 3.8) is 0 Å². The molecule has 4 N–H and O–H groups in total. The molecule has 1 amide bonds. The number of esters is 1. The number of amides is 1. The minimum atomic E-state index is -2.10. The van der Waals surface area contributed by atoms with Crippen molar-refractivity contribution in [2.24, 2.45) is 35.5 Å². The second kappa shape index (κ2) is 27.0. The van der Waals surface area contributed by atoms with Crippen molar-refractivity contribution in [2.45, 2.75) is 187 Å². The Hall–Kier alpha value is -3.37. The highest BCUT2D eigenvalue weighted by Crippen LogP contribution is 2.35. The van der Waals surface area contributed by atoms with Gasteiger partial charge in [-0.15, -0.1) is 0 Å². The second-order valence-corrected chi connectivity index (χ2v) is 20.0. The first-order valence-corrected chi connectivity index (χ1v) is 24.2. The molecule has 0 aromatic carbocycles. The fourth-order valence-electron chi connectivity index (χ4n) is 9.75. The zero-order valence-electron chi connectivity index (χ0n) is 41.6. The molecule has 374 valence electrons. The van der Waals surface area contributed by atoms with Crippen molar-refractivity contribution in [3.8, 4) is 0 Å². The maximum absolute atomic E-state index is 14.3. The number of piperidine rings is 1. The Morgan fingerprint density at radius 3 is 2.18 bits per heavy atom. The number of nitrogens with zero attached hydrogens (tertiary/aromatic N) is 1. The van der Waals surface area contributed by atoms with E-state index in [2.05, 4.69) is 0 Å². The quantitative estimate of drug-likeness (QED) is 0.133. The topological polar surface area (TPSA) is 206 Å². The lowest BCUT2D eigenvalue weighted by Gasteiger charge is -2.38. The average molecular weight is 930 g/mol. The number of methoxy groups -OCH3 is 3. The number of ether oxygens (including phenoxy) is 4. The largest absolute Gasteiger partial charge is 0.460 e. The summed E-state index contributed by atoms with van der Waals surface area (Å²) in [6.45, 7) is 14.0. The average Bonchev–Trinajstić information content (AvgIpc) is 3.28. The van der Waals surface area contributed by atoms with Crippen LogP contribution in [0.15, 0.2) is 47.6 Å². The molecule has 3 rings (SSSR count). The lowest BCUT2D eigenvalue weighted by atomic mass is 9.78. The Bertz CT molecular complexity index is 1740. The maximum atomic E-state index is 14.3. The van der Waals surface area contributed by atoms with Crippen LogP contribution in [0.2, 0.25) is 0 Å². The number of carbonyl (C=O) groups is 5. The Morgan fingerprint density at radius 2 is 1.53 bits per heavy atom. The Labute approximate surface area is 394 Å². The first-order valence-electron chi connectivity index (χ1n) is 24.2. The van der Waals surface area contributed by atoms with Gasteiger partial charge in [0.2, 0.25) is 0 Å². The van der Waals surface area contributed by atoms with Gasteiger partial charge in [-0.3, -0.25) is 19.2 Å². The molecule has 2 heterocycles. The van der Waals surface area contributed by atoms with Crippen LogP contribution >= 0.6 is 0 Å². The fourth-order valence-corrected chi connectivity index (χ4v) is 9.75. The fraction of sp³-hybridized carbons (Fsp3) is 0.750. The first kappa shape index (κ1) is 57.0. The summed E-state index contributed by atoms with van der Waals surface area (Å²) in [6, 6.07) is -1.13. The molecular weight excluding hydrogens is 847 g/mol. The van der Waals surface area contributed by atoms with E-state index in [1.54, 1.807) is 48.0 Å². The molecule has 2 aliphatic heterocycles. The number of allylic oxidation sites excluding steroid dienone is 6. The van der Waals surface area contributed by atoms with Crippen LogP contribution in [0.4, 0.5) is 0 Å². The van der Waals surface area contributed by atoms with E-state index in [1.807, 2.05) is 51.2 Å². The van der Waals surface area contributed by atoms with Crippen LogP contribution < -0.4 is 0 Å². The van der Waals surface area contributed by atoms with Gasteiger partial charge >= 0.3 is 5.97 Å². The summed E-state index contributed by atoms with van der Waals surface area (Å²) in [7, 11) is 4.49. The van der Waals surface area contributed by atoms with Gasteiger partial charge in [0.05, 0.1) is 24.4 Å². The van der Waals surface area contributed by atoms with Gasteiger partial charge in [-0.1, -0.05) is 71.1 Å². The van der Waals surface area contributed by atoms with Crippen LogP contribution in [-0.2, 0) is 42.9 Å². The molecule has 14 nitrogen and oxygen atoms in total. The van der Waals surface area contributed by atoms with Crippen molar-refractivity contribution in [2.75, 3.05) is 27.9 Å². The third-order valence-corrected chi connectivity index (χ3v) is 14.6. The monoisotopic (exact) mass is 930 g/mol. The number of hydrogen-bond acceptors (Lipinski definition) is 13. The summed E-state index contributed by atoms with van der Waals surface area (Å²) >= 11 is 0. The van der Waals surface area contributed by atoms with Gasteiger partial charge in [0.15, 0.2) is 5.78 Å². The standard InChI is InChI=1S/C52H83NO13/c1-31-17-13-12-14-18-32(2)43(63-9)29-39(54)22-20-37(7)52(8,62)49(59)50(60)53-24-16-15-19-40(53)51(61)66-44(34(4)27-38-21-23-41(55)45(28-38)64-10)30-42(56)33(3)26-36(6)47(58)48(65-11)46(57)35(5)25-31/h12-14,17-18,26,31,33-35,37-41,43-45,47-48,54-55,58,62H,15-16,19-25,27-30H2,1-11H3/b14-12+,17-13+,32-18+,36-26+/t31-,33-,34-,35-,37-,38+,39+,40+,41-,43+,44+,45-,47-,48+,52+/m1/s1. The number of aliphatic hydroxyl groups is 4. The molecule has 1 aliphatic carbocycles. The molecular formula is C52H83NO13. The van der Waals surface area contributed by atoms with Crippen LogP contribution in [0.3, 0.4) is 0 Å². The van der Waals surface area contributed by atoms with Crippen LogP contribution in [0.1, 0.15) is 132 Å². The summed E-state index contributed by atoms with van der Waals surface area (Å²) in [4.78, 5) is 71.2. The van der Waals surface area contributed by atoms with E-state index in [-0.39, 0.29) is 74.1 Å². The van der Waals surface area contributed by atoms with Crippen molar-refractivity contribution in [1.82, 2.24) is 4.90 Å². The number of Topliss-reactive ketones (excluding diaryl/α,β-unsaturated/α-hetero) is 3. The van der Waals surface area contributed by atoms with Gasteiger partial charge in [-0.05, 0) is 120 Å². The van der Waals surface area contributed by atoms with Crippen LogP contribution in [0.5, 0.6) is 0 Å². The molecule has 0 radical (unpaired) electrons. The second-order valence-electron chi connectivity index (χ2n) is 20.0. The molecule has 2 fully saturated rings. The third-order valence-electron chi connectivity index (χ3n) is 14.6. The van der Waals surface area contributed by atoms with E-state index < -0.39 is 83.7 Å².